The van der Waals surface area contributed by atoms with Gasteiger partial charge in [0.15, 0.2) is 0 Å². The molecule has 0 bridgehead atoms. The summed E-state index contributed by atoms with van der Waals surface area (Å²) in [4.78, 5) is 19.8. The maximum atomic E-state index is 10.8. The number of aromatic nitrogens is 3. The standard InChI is InChI=1S/C9H8N8O5/c10-15-4-12-14-9(15)13-11-3-5-1-6(16(19)20)2-7(8(5)18)17(21)22/h1-4,18H,10H2,(H,13,14). The minimum atomic E-state index is -0.941. The van der Waals surface area contributed by atoms with E-state index in [0.29, 0.717) is 6.07 Å². The molecule has 0 fully saturated rings. The molecule has 4 N–H and O–H groups in total. The van der Waals surface area contributed by atoms with Gasteiger partial charge in [0, 0.05) is 6.07 Å². The van der Waals surface area contributed by atoms with Crippen LogP contribution in [0.4, 0.5) is 17.3 Å². The monoisotopic (exact) mass is 308 g/mol. The first-order chi connectivity index (χ1) is 10.4. The van der Waals surface area contributed by atoms with Crippen LogP contribution >= 0.6 is 0 Å². The molecule has 1 aromatic heterocycles. The van der Waals surface area contributed by atoms with Crippen LogP contribution in [0.1, 0.15) is 5.56 Å². The molecule has 0 aliphatic heterocycles. The summed E-state index contributed by atoms with van der Waals surface area (Å²) in [5, 5.41) is 41.9. The molecule has 0 saturated carbocycles. The average Bonchev–Trinajstić information content (AvgIpc) is 2.85. The predicted octanol–water partition coefficient (Wildman–Crippen LogP) is -0.0401. The number of hydrogen-bond donors (Lipinski definition) is 3. The van der Waals surface area contributed by atoms with Gasteiger partial charge in [-0.15, -0.1) is 10.2 Å². The van der Waals surface area contributed by atoms with E-state index in [4.69, 9.17) is 5.84 Å². The number of anilines is 1. The fourth-order valence-corrected chi connectivity index (χ4v) is 1.45. The second-order valence-corrected chi connectivity index (χ2v) is 3.85. The molecular formula is C9H8N8O5. The average molecular weight is 308 g/mol. The van der Waals surface area contributed by atoms with Gasteiger partial charge in [-0.05, 0) is 0 Å². The van der Waals surface area contributed by atoms with Crippen LogP contribution in [0.15, 0.2) is 23.6 Å². The lowest BCUT2D eigenvalue weighted by molar-refractivity contribution is -0.394. The Morgan fingerprint density at radius 1 is 1.36 bits per heavy atom. The highest BCUT2D eigenvalue weighted by molar-refractivity contribution is 5.87. The number of phenols is 1. The van der Waals surface area contributed by atoms with E-state index in [-0.39, 0.29) is 11.5 Å². The number of non-ortho nitro benzene ring substituents is 1. The molecule has 13 nitrogen and oxygen atoms in total. The molecule has 1 aromatic carbocycles. The molecule has 0 unspecified atom stereocenters. The number of nitrogens with two attached hydrogens (primary N) is 1. The van der Waals surface area contributed by atoms with Gasteiger partial charge < -0.3 is 10.9 Å². The number of hydrogen-bond acceptors (Lipinski definition) is 10. The largest absolute Gasteiger partial charge is 0.502 e. The van der Waals surface area contributed by atoms with Crippen molar-refractivity contribution >= 4 is 23.5 Å². The minimum Gasteiger partial charge on any atom is -0.502 e. The van der Waals surface area contributed by atoms with Gasteiger partial charge in [-0.25, -0.2) is 10.1 Å². The fraction of sp³-hybridized carbons (Fsp3) is 0. The smallest absolute Gasteiger partial charge is 0.318 e. The van der Waals surface area contributed by atoms with Gasteiger partial charge in [0.05, 0.1) is 27.7 Å². The molecular weight excluding hydrogens is 300 g/mol. The summed E-state index contributed by atoms with van der Waals surface area (Å²) >= 11 is 0. The van der Waals surface area contributed by atoms with E-state index in [1.54, 1.807) is 0 Å². The van der Waals surface area contributed by atoms with E-state index >= 15 is 0 Å². The summed E-state index contributed by atoms with van der Waals surface area (Å²) in [6.07, 6.45) is 2.14. The van der Waals surface area contributed by atoms with Crippen molar-refractivity contribution in [2.24, 2.45) is 5.10 Å². The topological polar surface area (TPSA) is 188 Å². The van der Waals surface area contributed by atoms with Crippen LogP contribution in [-0.2, 0) is 0 Å². The van der Waals surface area contributed by atoms with Crippen molar-refractivity contribution in [3.63, 3.8) is 0 Å². The molecule has 1 heterocycles. The summed E-state index contributed by atoms with van der Waals surface area (Å²) in [5.41, 5.74) is 0.754. The second kappa shape index (κ2) is 5.70. The third-order valence-corrected chi connectivity index (χ3v) is 2.45. The highest BCUT2D eigenvalue weighted by Gasteiger charge is 2.23. The van der Waals surface area contributed by atoms with Crippen LogP contribution in [0.5, 0.6) is 5.75 Å². The van der Waals surface area contributed by atoms with Gasteiger partial charge in [0.2, 0.25) is 5.75 Å². The zero-order valence-electron chi connectivity index (χ0n) is 10.7. The van der Waals surface area contributed by atoms with Crippen LogP contribution in [0, 0.1) is 20.2 Å². The predicted molar refractivity (Wildman–Crippen MR) is 72.8 cm³/mol. The molecule has 114 valence electrons. The minimum absolute atomic E-state index is 0.0515. The lowest BCUT2D eigenvalue weighted by atomic mass is 10.1. The lowest BCUT2D eigenvalue weighted by Crippen LogP contribution is -2.10. The number of aromatic hydroxyl groups is 1. The molecule has 0 spiro atoms. The van der Waals surface area contributed by atoms with Crippen molar-refractivity contribution in [3.05, 3.63) is 44.3 Å². The Bertz CT molecular complexity index is 769. The number of nitrogens with one attached hydrogen (secondary N) is 1. The first-order valence-corrected chi connectivity index (χ1v) is 5.50. The van der Waals surface area contributed by atoms with Crippen LogP contribution in [0.25, 0.3) is 0 Å². The second-order valence-electron chi connectivity index (χ2n) is 3.85. The van der Waals surface area contributed by atoms with E-state index in [2.05, 4.69) is 20.7 Å². The van der Waals surface area contributed by atoms with Crippen LogP contribution in [-0.4, -0.2) is 36.0 Å². The van der Waals surface area contributed by atoms with E-state index < -0.39 is 27.0 Å². The van der Waals surface area contributed by atoms with E-state index in [0.717, 1.165) is 17.0 Å². The summed E-state index contributed by atoms with van der Waals surface area (Å²) < 4.78 is 1.01. The molecule has 2 aromatic rings. The Labute approximate surface area is 121 Å². The summed E-state index contributed by atoms with van der Waals surface area (Å²) in [7, 11) is 0. The van der Waals surface area contributed by atoms with Crippen LogP contribution < -0.4 is 11.3 Å². The van der Waals surface area contributed by atoms with Crippen LogP contribution in [0.3, 0.4) is 0 Å². The van der Waals surface area contributed by atoms with Crippen molar-refractivity contribution in [2.75, 3.05) is 11.3 Å². The zero-order valence-corrected chi connectivity index (χ0v) is 10.7. The summed E-state index contributed by atoms with van der Waals surface area (Å²) in [6.45, 7) is 0. The maximum absolute atomic E-state index is 10.8. The number of nitrogens with zero attached hydrogens (tertiary/aromatic N) is 6. The summed E-state index contributed by atoms with van der Waals surface area (Å²) in [5.74, 6) is 4.70. The molecule has 0 aliphatic carbocycles. The highest BCUT2D eigenvalue weighted by atomic mass is 16.6. The number of rotatable bonds is 5. The van der Waals surface area contributed by atoms with E-state index in [9.17, 15) is 25.3 Å². The van der Waals surface area contributed by atoms with Crippen molar-refractivity contribution in [2.45, 2.75) is 0 Å². The Kier molecular flexibility index (Phi) is 3.79. The molecule has 0 radical (unpaired) electrons. The number of benzene rings is 1. The zero-order chi connectivity index (χ0) is 16.3. The first-order valence-electron chi connectivity index (χ1n) is 5.50. The van der Waals surface area contributed by atoms with Crippen molar-refractivity contribution in [1.82, 2.24) is 14.9 Å². The quantitative estimate of drug-likeness (QED) is 0.294. The summed E-state index contributed by atoms with van der Waals surface area (Å²) in [6, 6.07) is 1.58. The van der Waals surface area contributed by atoms with E-state index in [1.165, 1.54) is 6.33 Å². The van der Waals surface area contributed by atoms with Crippen LogP contribution in [0.2, 0.25) is 0 Å². The Morgan fingerprint density at radius 3 is 2.64 bits per heavy atom. The number of phenolic OH excluding ortho intramolecular Hbond substituents is 1. The molecule has 13 heteroatoms. The normalized spacial score (nSPS) is 10.7. The Balaban J connectivity index is 2.35. The molecule has 22 heavy (non-hydrogen) atoms. The first kappa shape index (κ1) is 14.6. The molecule has 0 atom stereocenters. The third-order valence-electron chi connectivity index (χ3n) is 2.45. The van der Waals surface area contributed by atoms with Crippen molar-refractivity contribution in [3.8, 4) is 5.75 Å². The SMILES string of the molecule is Nn1cnnc1NN=Cc1cc([N+](=O)[O-])cc([N+](=O)[O-])c1O. The highest BCUT2D eigenvalue weighted by Crippen LogP contribution is 2.33. The van der Waals surface area contributed by atoms with E-state index in [1.807, 2.05) is 0 Å². The number of hydrazone groups is 1. The maximum Gasteiger partial charge on any atom is 0.318 e. The number of nitro benzene ring substituents is 2. The van der Waals surface area contributed by atoms with Gasteiger partial charge in [-0.2, -0.15) is 5.10 Å². The van der Waals surface area contributed by atoms with Gasteiger partial charge in [-0.1, -0.05) is 0 Å². The Hall–Kier alpha value is -3.77. The molecule has 0 aliphatic rings. The molecule has 0 amide bonds. The van der Waals surface area contributed by atoms with Gasteiger partial charge >= 0.3 is 5.69 Å². The van der Waals surface area contributed by atoms with Crippen molar-refractivity contribution < 1.29 is 15.0 Å². The third kappa shape index (κ3) is 2.87. The number of nitro groups is 2. The van der Waals surface area contributed by atoms with Crippen molar-refractivity contribution in [1.29, 1.82) is 0 Å². The molecule has 2 rings (SSSR count). The molecule has 0 saturated heterocycles. The van der Waals surface area contributed by atoms with Gasteiger partial charge in [0.1, 0.15) is 6.33 Å². The fourth-order valence-electron chi connectivity index (χ4n) is 1.45. The number of nitrogen functional groups attached to an aromatic ring is 1. The Morgan fingerprint density at radius 2 is 2.09 bits per heavy atom. The van der Waals surface area contributed by atoms with Gasteiger partial charge in [-0.3, -0.25) is 20.2 Å². The lowest BCUT2D eigenvalue weighted by Gasteiger charge is -2.01. The van der Waals surface area contributed by atoms with Gasteiger partial charge in [0.25, 0.3) is 11.6 Å².